The zero-order valence-corrected chi connectivity index (χ0v) is 17.4. The van der Waals surface area contributed by atoms with Crippen molar-refractivity contribution in [3.63, 3.8) is 0 Å². The molecule has 154 valence electrons. The Balaban J connectivity index is 1.27. The van der Waals surface area contributed by atoms with Crippen molar-refractivity contribution in [1.82, 2.24) is 0 Å². The number of hydrogen-bond acceptors (Lipinski definition) is 6. The van der Waals surface area contributed by atoms with E-state index < -0.39 is 5.97 Å². The molecule has 1 aliphatic heterocycles. The fourth-order valence-electron chi connectivity index (χ4n) is 3.78. The molecule has 1 aliphatic carbocycles. The number of anilines is 2. The maximum atomic E-state index is 12.3. The van der Waals surface area contributed by atoms with Gasteiger partial charge in [0.2, 0.25) is 0 Å². The number of nitrogens with one attached hydrogen (secondary N) is 1. The second kappa shape index (κ2) is 8.97. The first-order valence-electron chi connectivity index (χ1n) is 10.1. The van der Waals surface area contributed by atoms with Crippen molar-refractivity contribution in [3.05, 3.63) is 45.6 Å². The topological polar surface area (TPSA) is 67.9 Å². The largest absolute Gasteiger partial charge is 0.451 e. The fraction of sp³-hybridized carbons (Fsp3) is 0.455. The first kappa shape index (κ1) is 19.9. The van der Waals surface area contributed by atoms with Gasteiger partial charge in [-0.3, -0.25) is 4.79 Å². The molecule has 1 atom stereocenters. The van der Waals surface area contributed by atoms with Crippen LogP contribution in [0.3, 0.4) is 0 Å². The molecule has 0 spiro atoms. The van der Waals surface area contributed by atoms with Crippen LogP contribution in [0.15, 0.2) is 30.3 Å². The number of carbonyl (C=O) groups excluding carboxylic acids is 2. The third kappa shape index (κ3) is 4.97. The number of rotatable bonds is 5. The van der Waals surface area contributed by atoms with E-state index in [0.29, 0.717) is 16.5 Å². The highest BCUT2D eigenvalue weighted by atomic mass is 32.1. The number of benzene rings is 1. The van der Waals surface area contributed by atoms with E-state index in [1.165, 1.54) is 21.8 Å². The van der Waals surface area contributed by atoms with Crippen molar-refractivity contribution < 1.29 is 19.1 Å². The summed E-state index contributed by atoms with van der Waals surface area (Å²) in [4.78, 5) is 28.6. The van der Waals surface area contributed by atoms with Gasteiger partial charge >= 0.3 is 5.97 Å². The average Bonchev–Trinajstić information content (AvgIpc) is 3.16. The lowest BCUT2D eigenvalue weighted by Crippen LogP contribution is -2.36. The minimum absolute atomic E-state index is 0.289. The Hall–Kier alpha value is -2.38. The third-order valence-electron chi connectivity index (χ3n) is 5.39. The van der Waals surface area contributed by atoms with Crippen LogP contribution in [-0.4, -0.2) is 44.8 Å². The molecule has 1 aromatic carbocycles. The first-order valence-corrected chi connectivity index (χ1v) is 10.9. The minimum Gasteiger partial charge on any atom is -0.451 e. The molecule has 1 amide bonds. The summed E-state index contributed by atoms with van der Waals surface area (Å²) in [6.45, 7) is 5.14. The molecule has 0 saturated carbocycles. The molecule has 1 N–H and O–H groups in total. The summed E-state index contributed by atoms with van der Waals surface area (Å²) in [6, 6.07) is 9.60. The van der Waals surface area contributed by atoms with Gasteiger partial charge in [0.1, 0.15) is 4.88 Å². The first-order chi connectivity index (χ1) is 14.1. The van der Waals surface area contributed by atoms with Crippen LogP contribution in [0, 0.1) is 5.92 Å². The van der Waals surface area contributed by atoms with Crippen molar-refractivity contribution in [2.45, 2.75) is 26.2 Å². The Morgan fingerprint density at radius 1 is 1.24 bits per heavy atom. The molecule has 1 fully saturated rings. The van der Waals surface area contributed by atoms with E-state index in [9.17, 15) is 9.59 Å². The summed E-state index contributed by atoms with van der Waals surface area (Å²) in [5, 5.41) is 2.78. The van der Waals surface area contributed by atoms with Crippen LogP contribution < -0.4 is 10.2 Å². The zero-order chi connectivity index (χ0) is 20.2. The zero-order valence-electron chi connectivity index (χ0n) is 16.6. The lowest BCUT2D eigenvalue weighted by molar-refractivity contribution is -0.119. The number of ether oxygens (including phenoxy) is 2. The van der Waals surface area contributed by atoms with Gasteiger partial charge in [0.05, 0.1) is 13.2 Å². The quantitative estimate of drug-likeness (QED) is 0.759. The van der Waals surface area contributed by atoms with Crippen LogP contribution >= 0.6 is 11.3 Å². The average molecular weight is 415 g/mol. The summed E-state index contributed by atoms with van der Waals surface area (Å²) in [5.74, 6) is -0.108. The van der Waals surface area contributed by atoms with Gasteiger partial charge in [-0.05, 0) is 61.1 Å². The maximum Gasteiger partial charge on any atom is 0.348 e. The molecule has 0 radical (unpaired) electrons. The number of morpholine rings is 1. The van der Waals surface area contributed by atoms with Crippen molar-refractivity contribution in [2.75, 3.05) is 43.1 Å². The van der Waals surface area contributed by atoms with E-state index in [1.54, 1.807) is 0 Å². The third-order valence-corrected chi connectivity index (χ3v) is 6.61. The molecule has 2 heterocycles. The lowest BCUT2D eigenvalue weighted by Gasteiger charge is -2.28. The van der Waals surface area contributed by atoms with E-state index in [-0.39, 0.29) is 12.5 Å². The Bertz CT molecular complexity index is 871. The predicted molar refractivity (Wildman–Crippen MR) is 114 cm³/mol. The molecule has 2 aromatic rings. The second-order valence-electron chi connectivity index (χ2n) is 7.68. The maximum absolute atomic E-state index is 12.3. The normalized spacial score (nSPS) is 18.8. The van der Waals surface area contributed by atoms with Gasteiger partial charge in [0.25, 0.3) is 5.91 Å². The molecular formula is C22H26N2O4S. The summed E-state index contributed by atoms with van der Waals surface area (Å²) in [7, 11) is 0. The van der Waals surface area contributed by atoms with Gasteiger partial charge in [-0.15, -0.1) is 11.3 Å². The Morgan fingerprint density at radius 2 is 2.00 bits per heavy atom. The number of aryl methyl sites for hydroxylation is 1. The molecule has 6 nitrogen and oxygen atoms in total. The molecule has 1 aromatic heterocycles. The molecule has 1 saturated heterocycles. The number of carbonyl (C=O) groups is 2. The number of esters is 1. The molecule has 2 aliphatic rings. The van der Waals surface area contributed by atoms with Gasteiger partial charge < -0.3 is 19.7 Å². The van der Waals surface area contributed by atoms with E-state index in [0.717, 1.165) is 51.3 Å². The summed E-state index contributed by atoms with van der Waals surface area (Å²) in [6.07, 6.45) is 3.20. The summed E-state index contributed by atoms with van der Waals surface area (Å²) < 4.78 is 10.6. The summed E-state index contributed by atoms with van der Waals surface area (Å²) in [5.41, 5.74) is 3.04. The summed E-state index contributed by atoms with van der Waals surface area (Å²) >= 11 is 1.50. The number of fused-ring (bicyclic) bond motifs is 1. The molecule has 29 heavy (non-hydrogen) atoms. The highest BCUT2D eigenvalue weighted by Gasteiger charge is 2.21. The van der Waals surface area contributed by atoms with E-state index in [1.807, 2.05) is 30.3 Å². The van der Waals surface area contributed by atoms with E-state index in [2.05, 4.69) is 17.1 Å². The van der Waals surface area contributed by atoms with Crippen molar-refractivity contribution in [2.24, 2.45) is 5.92 Å². The number of thiophene rings is 1. The molecule has 1 unspecified atom stereocenters. The van der Waals surface area contributed by atoms with Gasteiger partial charge in [0.15, 0.2) is 6.61 Å². The van der Waals surface area contributed by atoms with Crippen LogP contribution in [0.5, 0.6) is 0 Å². The number of amides is 1. The molecule has 0 bridgehead atoms. The smallest absolute Gasteiger partial charge is 0.348 e. The van der Waals surface area contributed by atoms with Crippen molar-refractivity contribution in [1.29, 1.82) is 0 Å². The van der Waals surface area contributed by atoms with Crippen LogP contribution in [0.2, 0.25) is 0 Å². The van der Waals surface area contributed by atoms with Gasteiger partial charge in [0, 0.05) is 29.3 Å². The molecular weight excluding hydrogens is 388 g/mol. The minimum atomic E-state index is -0.421. The van der Waals surface area contributed by atoms with Crippen molar-refractivity contribution in [3.8, 4) is 0 Å². The SMILES string of the molecule is CC1CCc2sc(C(=O)OCC(=O)Nc3ccc(N4CCOCC4)cc3)cc2C1. The second-order valence-corrected chi connectivity index (χ2v) is 8.81. The van der Waals surface area contributed by atoms with Gasteiger partial charge in [-0.25, -0.2) is 4.79 Å². The van der Waals surface area contributed by atoms with Crippen LogP contribution in [0.25, 0.3) is 0 Å². The van der Waals surface area contributed by atoms with Crippen LogP contribution in [0.1, 0.15) is 33.5 Å². The highest BCUT2D eigenvalue weighted by molar-refractivity contribution is 7.14. The van der Waals surface area contributed by atoms with Gasteiger partial charge in [-0.1, -0.05) is 6.92 Å². The number of nitrogens with zero attached hydrogens (tertiary/aromatic N) is 1. The van der Waals surface area contributed by atoms with E-state index in [4.69, 9.17) is 9.47 Å². The monoisotopic (exact) mass is 414 g/mol. The fourth-order valence-corrected chi connectivity index (χ4v) is 4.88. The standard InChI is InChI=1S/C22H26N2O4S/c1-15-2-7-19-16(12-15)13-20(29-19)22(26)28-14-21(25)23-17-3-5-18(6-4-17)24-8-10-27-11-9-24/h3-6,13,15H,2,7-12,14H2,1H3,(H,23,25). The lowest BCUT2D eigenvalue weighted by atomic mass is 9.90. The highest BCUT2D eigenvalue weighted by Crippen LogP contribution is 2.32. The van der Waals surface area contributed by atoms with Gasteiger partial charge in [-0.2, -0.15) is 0 Å². The molecule has 7 heteroatoms. The van der Waals surface area contributed by atoms with Crippen molar-refractivity contribution >= 4 is 34.6 Å². The Labute approximate surface area is 174 Å². The number of hydrogen-bond donors (Lipinski definition) is 1. The predicted octanol–water partition coefficient (Wildman–Crippen LogP) is 3.51. The van der Waals surface area contributed by atoms with E-state index >= 15 is 0 Å². The molecule has 4 rings (SSSR count). The van der Waals surface area contributed by atoms with Crippen LogP contribution in [-0.2, 0) is 27.1 Å². The van der Waals surface area contributed by atoms with Crippen LogP contribution in [0.4, 0.5) is 11.4 Å². The Kier molecular flexibility index (Phi) is 6.16. The Morgan fingerprint density at radius 3 is 2.76 bits per heavy atom.